The molecule has 7 heteroatoms. The number of halogens is 3. The number of thioether (sulfide) groups is 1. The number of benzene rings is 2. The average molecular weight is 365 g/mol. The summed E-state index contributed by atoms with van der Waals surface area (Å²) in [5.74, 6) is -0.430. The van der Waals surface area contributed by atoms with Crippen molar-refractivity contribution in [3.05, 3.63) is 53.6 Å². The Balaban J connectivity index is 1.65. The molecule has 130 valence electrons. The van der Waals surface area contributed by atoms with Crippen molar-refractivity contribution in [3.63, 3.8) is 0 Å². The Bertz CT molecular complexity index is 812. The molecule has 2 aromatic rings. The zero-order chi connectivity index (χ0) is 17.6. The number of amides is 1. The lowest BCUT2D eigenvalue weighted by atomic mass is 10.1. The third-order valence-electron chi connectivity index (χ3n) is 4.34. The summed E-state index contributed by atoms with van der Waals surface area (Å²) in [4.78, 5) is 15.4. The van der Waals surface area contributed by atoms with Crippen LogP contribution in [0.15, 0.2) is 47.4 Å². The van der Waals surface area contributed by atoms with E-state index in [-0.39, 0.29) is 35.7 Å². The second-order valence-electron chi connectivity index (χ2n) is 5.91. The van der Waals surface area contributed by atoms with Gasteiger partial charge in [0.25, 0.3) is 0 Å². The smallest absolute Gasteiger partial charge is 0.420 e. The molecule has 0 radical (unpaired) electrons. The summed E-state index contributed by atoms with van der Waals surface area (Å²) in [6.45, 7) is 0.302. The van der Waals surface area contributed by atoms with E-state index in [0.717, 1.165) is 16.5 Å². The van der Waals surface area contributed by atoms with Gasteiger partial charge in [0.05, 0.1) is 23.0 Å². The largest absolute Gasteiger partial charge is 0.489 e. The van der Waals surface area contributed by atoms with E-state index in [9.17, 15) is 18.0 Å². The van der Waals surface area contributed by atoms with E-state index < -0.39 is 11.7 Å². The highest BCUT2D eigenvalue weighted by Gasteiger charge is 2.40. The fourth-order valence-electron chi connectivity index (χ4n) is 3.19. The zero-order valence-corrected chi connectivity index (χ0v) is 13.9. The number of hydrogen-bond donors (Lipinski definition) is 0. The lowest BCUT2D eigenvalue weighted by molar-refractivity contribution is -0.139. The van der Waals surface area contributed by atoms with Gasteiger partial charge < -0.3 is 9.64 Å². The van der Waals surface area contributed by atoms with E-state index in [4.69, 9.17) is 4.74 Å². The number of hydrogen-bond acceptors (Lipinski definition) is 3. The number of alkyl halides is 3. The summed E-state index contributed by atoms with van der Waals surface area (Å²) < 4.78 is 44.9. The minimum absolute atomic E-state index is 0.0518. The SMILES string of the molecule is O=C(C1Cc2ccccc2S1)N1CCOc2c1cccc2C(F)(F)F. The molecule has 1 unspecified atom stereocenters. The van der Waals surface area contributed by atoms with Gasteiger partial charge in [-0.15, -0.1) is 11.8 Å². The van der Waals surface area contributed by atoms with Crippen LogP contribution in [0.4, 0.5) is 18.9 Å². The molecular weight excluding hydrogens is 351 g/mol. The van der Waals surface area contributed by atoms with Crippen LogP contribution in [0.5, 0.6) is 5.75 Å². The van der Waals surface area contributed by atoms with Gasteiger partial charge in [-0.05, 0) is 30.2 Å². The van der Waals surface area contributed by atoms with Crippen molar-refractivity contribution in [3.8, 4) is 5.75 Å². The van der Waals surface area contributed by atoms with Crippen LogP contribution in [0.25, 0.3) is 0 Å². The van der Waals surface area contributed by atoms with E-state index in [1.54, 1.807) is 0 Å². The summed E-state index contributed by atoms with van der Waals surface area (Å²) in [6.07, 6.45) is -3.93. The van der Waals surface area contributed by atoms with Gasteiger partial charge in [0, 0.05) is 4.90 Å². The third kappa shape index (κ3) is 2.86. The van der Waals surface area contributed by atoms with E-state index in [2.05, 4.69) is 0 Å². The molecule has 2 aromatic carbocycles. The Morgan fingerprint density at radius 2 is 1.96 bits per heavy atom. The monoisotopic (exact) mass is 365 g/mol. The minimum Gasteiger partial charge on any atom is -0.489 e. The van der Waals surface area contributed by atoms with Crippen molar-refractivity contribution in [2.24, 2.45) is 0 Å². The lowest BCUT2D eigenvalue weighted by Crippen LogP contribution is -2.43. The van der Waals surface area contributed by atoms with E-state index in [1.165, 1.54) is 28.8 Å². The van der Waals surface area contributed by atoms with Crippen LogP contribution in [0.3, 0.4) is 0 Å². The molecule has 2 aliphatic heterocycles. The van der Waals surface area contributed by atoms with Crippen LogP contribution in [0.2, 0.25) is 0 Å². The predicted molar refractivity (Wildman–Crippen MR) is 89.1 cm³/mol. The molecule has 0 aliphatic carbocycles. The summed E-state index contributed by atoms with van der Waals surface area (Å²) in [5.41, 5.74) is 0.455. The minimum atomic E-state index is -4.52. The first kappa shape index (κ1) is 16.3. The van der Waals surface area contributed by atoms with Crippen LogP contribution < -0.4 is 9.64 Å². The standard InChI is InChI=1S/C18H14F3NO2S/c19-18(20,21)12-5-3-6-13-16(12)24-9-8-22(13)17(23)15-10-11-4-1-2-7-14(11)25-15/h1-7,15H,8-10H2. The molecule has 2 heterocycles. The van der Waals surface area contributed by atoms with E-state index in [1.807, 2.05) is 24.3 Å². The molecule has 0 saturated carbocycles. The maximum atomic E-state index is 13.2. The van der Waals surface area contributed by atoms with Crippen molar-refractivity contribution < 1.29 is 22.7 Å². The van der Waals surface area contributed by atoms with E-state index >= 15 is 0 Å². The second-order valence-corrected chi connectivity index (χ2v) is 7.15. The molecule has 0 fully saturated rings. The van der Waals surface area contributed by atoms with Crippen molar-refractivity contribution in [1.29, 1.82) is 0 Å². The normalized spacial score (nSPS) is 19.2. The topological polar surface area (TPSA) is 29.5 Å². The Hall–Kier alpha value is -2.15. The van der Waals surface area contributed by atoms with Gasteiger partial charge in [0.1, 0.15) is 6.61 Å². The number of nitrogens with zero attached hydrogens (tertiary/aromatic N) is 1. The summed E-state index contributed by atoms with van der Waals surface area (Å²) in [7, 11) is 0. The zero-order valence-electron chi connectivity index (χ0n) is 13.0. The van der Waals surface area contributed by atoms with Gasteiger partial charge in [-0.3, -0.25) is 4.79 Å². The Kier molecular flexibility index (Phi) is 3.91. The van der Waals surface area contributed by atoms with Gasteiger partial charge >= 0.3 is 6.18 Å². The van der Waals surface area contributed by atoms with Crippen LogP contribution in [-0.2, 0) is 17.4 Å². The maximum Gasteiger partial charge on any atom is 0.420 e. The Morgan fingerprint density at radius 1 is 1.16 bits per heavy atom. The van der Waals surface area contributed by atoms with Gasteiger partial charge in [-0.2, -0.15) is 13.2 Å². The number of ether oxygens (including phenoxy) is 1. The predicted octanol–water partition coefficient (Wildman–Crippen LogP) is 4.15. The second kappa shape index (κ2) is 5.98. The third-order valence-corrected chi connectivity index (χ3v) is 5.65. The van der Waals surface area contributed by atoms with Crippen LogP contribution >= 0.6 is 11.8 Å². The molecule has 3 nitrogen and oxygen atoms in total. The molecule has 25 heavy (non-hydrogen) atoms. The molecule has 2 aliphatic rings. The maximum absolute atomic E-state index is 13.2. The van der Waals surface area contributed by atoms with Gasteiger partial charge in [-0.1, -0.05) is 24.3 Å². The highest BCUT2D eigenvalue weighted by atomic mass is 32.2. The molecule has 0 saturated heterocycles. The Labute approximate surface area is 146 Å². The average Bonchev–Trinajstić information content (AvgIpc) is 3.03. The molecule has 0 aromatic heterocycles. The van der Waals surface area contributed by atoms with Crippen molar-refractivity contribution >= 4 is 23.4 Å². The van der Waals surface area contributed by atoms with Crippen molar-refractivity contribution in [2.75, 3.05) is 18.1 Å². The van der Waals surface area contributed by atoms with Crippen molar-refractivity contribution in [2.45, 2.75) is 22.7 Å². The first-order chi connectivity index (χ1) is 11.9. The molecule has 1 atom stereocenters. The summed E-state index contributed by atoms with van der Waals surface area (Å²) in [6, 6.07) is 11.6. The molecule has 0 bridgehead atoms. The molecular formula is C18H14F3NO2S. The molecule has 0 spiro atoms. The van der Waals surface area contributed by atoms with Gasteiger partial charge in [0.15, 0.2) is 5.75 Å². The fourth-order valence-corrected chi connectivity index (χ4v) is 4.45. The van der Waals surface area contributed by atoms with Crippen LogP contribution in [0, 0.1) is 0 Å². The van der Waals surface area contributed by atoms with Crippen molar-refractivity contribution in [1.82, 2.24) is 0 Å². The van der Waals surface area contributed by atoms with Crippen LogP contribution in [0.1, 0.15) is 11.1 Å². The highest BCUT2D eigenvalue weighted by Crippen LogP contribution is 2.45. The number of fused-ring (bicyclic) bond motifs is 2. The summed E-state index contributed by atoms with van der Waals surface area (Å²) >= 11 is 1.47. The number of rotatable bonds is 1. The lowest BCUT2D eigenvalue weighted by Gasteiger charge is -2.32. The molecule has 0 N–H and O–H groups in total. The number of anilines is 1. The molecule has 4 rings (SSSR count). The fraction of sp³-hybridized carbons (Fsp3) is 0.278. The van der Waals surface area contributed by atoms with Crippen LogP contribution in [-0.4, -0.2) is 24.3 Å². The quantitative estimate of drug-likeness (QED) is 0.760. The first-order valence-electron chi connectivity index (χ1n) is 7.84. The van der Waals surface area contributed by atoms with E-state index in [0.29, 0.717) is 6.42 Å². The van der Waals surface area contributed by atoms with Gasteiger partial charge in [-0.25, -0.2) is 0 Å². The molecule has 1 amide bonds. The van der Waals surface area contributed by atoms with Gasteiger partial charge in [0.2, 0.25) is 5.91 Å². The first-order valence-corrected chi connectivity index (χ1v) is 8.72. The Morgan fingerprint density at radius 3 is 2.72 bits per heavy atom. The number of para-hydroxylation sites is 1. The highest BCUT2D eigenvalue weighted by molar-refractivity contribution is 8.01. The number of carbonyl (C=O) groups excluding carboxylic acids is 1. The number of carbonyl (C=O) groups is 1. The summed E-state index contributed by atoms with van der Waals surface area (Å²) in [5, 5.41) is -0.321.